The zero-order chi connectivity index (χ0) is 14.3. The molecule has 19 heavy (non-hydrogen) atoms. The van der Waals surface area contributed by atoms with Crippen molar-refractivity contribution in [2.75, 3.05) is 5.32 Å². The van der Waals surface area contributed by atoms with E-state index in [1.165, 1.54) is 18.4 Å². The van der Waals surface area contributed by atoms with Crippen molar-refractivity contribution in [2.45, 2.75) is 52.5 Å². The van der Waals surface area contributed by atoms with Crippen molar-refractivity contribution in [3.63, 3.8) is 0 Å². The van der Waals surface area contributed by atoms with Crippen LogP contribution in [0.4, 0.5) is 5.69 Å². The largest absolute Gasteiger partial charge is 0.327 e. The van der Waals surface area contributed by atoms with Crippen molar-refractivity contribution in [1.82, 2.24) is 0 Å². The number of hydrogen-bond acceptors (Lipinski definition) is 2. The van der Waals surface area contributed by atoms with Gasteiger partial charge in [-0.2, -0.15) is 0 Å². The van der Waals surface area contributed by atoms with Gasteiger partial charge in [-0.25, -0.2) is 0 Å². The van der Waals surface area contributed by atoms with E-state index in [2.05, 4.69) is 24.4 Å². The number of aryl methyl sites for hydroxylation is 1. The summed E-state index contributed by atoms with van der Waals surface area (Å²) in [6, 6.07) is 8.00. The highest BCUT2D eigenvalue weighted by atomic mass is 16.1. The Kier molecular flexibility index (Phi) is 6.57. The van der Waals surface area contributed by atoms with Gasteiger partial charge in [0.1, 0.15) is 0 Å². The zero-order valence-corrected chi connectivity index (χ0v) is 12.3. The number of nitrogens with two attached hydrogens (primary N) is 1. The van der Waals surface area contributed by atoms with Crippen LogP contribution in [0.2, 0.25) is 0 Å². The van der Waals surface area contributed by atoms with E-state index in [0.717, 1.165) is 12.1 Å². The molecule has 3 nitrogen and oxygen atoms in total. The topological polar surface area (TPSA) is 55.1 Å². The number of carbonyl (C=O) groups excluding carboxylic acids is 1. The highest BCUT2D eigenvalue weighted by Gasteiger charge is 2.12. The Hall–Kier alpha value is -1.35. The smallest absolute Gasteiger partial charge is 0.225 e. The van der Waals surface area contributed by atoms with Crippen LogP contribution in [-0.2, 0) is 11.2 Å². The molecule has 1 aromatic carbocycles. The predicted octanol–water partition coefficient (Wildman–Crippen LogP) is 3.34. The lowest BCUT2D eigenvalue weighted by molar-refractivity contribution is -0.116. The fraction of sp³-hybridized carbons (Fsp3) is 0.562. The SMILES string of the molecule is CCCCc1ccc(NC(=O)CC(N)C(C)C)cc1. The van der Waals surface area contributed by atoms with Gasteiger partial charge in [0, 0.05) is 18.2 Å². The number of unbranched alkanes of at least 4 members (excludes halogenated alkanes) is 1. The van der Waals surface area contributed by atoms with Crippen LogP contribution in [0.25, 0.3) is 0 Å². The lowest BCUT2D eigenvalue weighted by Crippen LogP contribution is -2.31. The molecule has 0 saturated heterocycles. The second kappa shape index (κ2) is 7.95. The molecule has 0 fully saturated rings. The Morgan fingerprint density at radius 1 is 1.26 bits per heavy atom. The molecule has 0 spiro atoms. The molecule has 0 saturated carbocycles. The summed E-state index contributed by atoms with van der Waals surface area (Å²) in [5.74, 6) is 0.310. The Labute approximate surface area is 116 Å². The number of hydrogen-bond donors (Lipinski definition) is 2. The Bertz CT molecular complexity index is 384. The molecule has 3 heteroatoms. The van der Waals surface area contributed by atoms with E-state index in [4.69, 9.17) is 5.73 Å². The Morgan fingerprint density at radius 2 is 1.89 bits per heavy atom. The summed E-state index contributed by atoms with van der Waals surface area (Å²) < 4.78 is 0. The number of amides is 1. The molecule has 1 unspecified atom stereocenters. The van der Waals surface area contributed by atoms with E-state index in [1.54, 1.807) is 0 Å². The average Bonchev–Trinajstić information content (AvgIpc) is 2.37. The first-order valence-corrected chi connectivity index (χ1v) is 7.17. The summed E-state index contributed by atoms with van der Waals surface area (Å²) in [5.41, 5.74) is 8.06. The maximum atomic E-state index is 11.8. The standard InChI is InChI=1S/C16H26N2O/c1-4-5-6-13-7-9-14(10-8-13)18-16(19)11-15(17)12(2)3/h7-10,12,15H,4-6,11,17H2,1-3H3,(H,18,19). The molecule has 1 amide bonds. The molecule has 0 aliphatic rings. The maximum absolute atomic E-state index is 11.8. The minimum absolute atomic E-state index is 0.0116. The first-order chi connectivity index (χ1) is 9.02. The Balaban J connectivity index is 2.46. The van der Waals surface area contributed by atoms with Crippen LogP contribution in [0.3, 0.4) is 0 Å². The van der Waals surface area contributed by atoms with Crippen molar-refractivity contribution >= 4 is 11.6 Å². The molecule has 106 valence electrons. The minimum Gasteiger partial charge on any atom is -0.327 e. The molecule has 0 heterocycles. The predicted molar refractivity (Wildman–Crippen MR) is 81.1 cm³/mol. The fourth-order valence-corrected chi connectivity index (χ4v) is 1.80. The van der Waals surface area contributed by atoms with Crippen molar-refractivity contribution < 1.29 is 4.79 Å². The van der Waals surface area contributed by atoms with Gasteiger partial charge in [-0.15, -0.1) is 0 Å². The lowest BCUT2D eigenvalue weighted by Gasteiger charge is -2.15. The molecule has 1 atom stereocenters. The number of anilines is 1. The third-order valence-electron chi connectivity index (χ3n) is 3.33. The monoisotopic (exact) mass is 262 g/mol. The summed E-state index contributed by atoms with van der Waals surface area (Å²) in [5, 5.41) is 2.89. The van der Waals surface area contributed by atoms with Crippen molar-refractivity contribution in [1.29, 1.82) is 0 Å². The van der Waals surface area contributed by atoms with Crippen LogP contribution >= 0.6 is 0 Å². The number of rotatable bonds is 7. The molecule has 1 aromatic rings. The number of nitrogens with one attached hydrogen (secondary N) is 1. The molecule has 0 aliphatic heterocycles. The molecule has 0 radical (unpaired) electrons. The molecule has 3 N–H and O–H groups in total. The van der Waals surface area contributed by atoms with Crippen LogP contribution in [-0.4, -0.2) is 11.9 Å². The van der Waals surface area contributed by atoms with Gasteiger partial charge in [0.25, 0.3) is 0 Å². The van der Waals surface area contributed by atoms with Gasteiger partial charge in [0.2, 0.25) is 5.91 Å². The van der Waals surface area contributed by atoms with Crippen LogP contribution in [0.5, 0.6) is 0 Å². The third-order valence-corrected chi connectivity index (χ3v) is 3.33. The van der Waals surface area contributed by atoms with E-state index in [9.17, 15) is 4.79 Å². The first-order valence-electron chi connectivity index (χ1n) is 7.17. The van der Waals surface area contributed by atoms with Crippen molar-refractivity contribution in [2.24, 2.45) is 11.7 Å². The quantitative estimate of drug-likeness (QED) is 0.792. The van der Waals surface area contributed by atoms with Crippen molar-refractivity contribution in [3.8, 4) is 0 Å². The summed E-state index contributed by atoms with van der Waals surface area (Å²) >= 11 is 0. The van der Waals surface area contributed by atoms with Gasteiger partial charge in [0.05, 0.1) is 0 Å². The van der Waals surface area contributed by atoms with Gasteiger partial charge >= 0.3 is 0 Å². The van der Waals surface area contributed by atoms with Crippen LogP contribution in [0.15, 0.2) is 24.3 Å². The van der Waals surface area contributed by atoms with Crippen LogP contribution in [0.1, 0.15) is 45.6 Å². The second-order valence-corrected chi connectivity index (χ2v) is 5.46. The highest BCUT2D eigenvalue weighted by molar-refractivity contribution is 5.91. The van der Waals surface area contributed by atoms with Gasteiger partial charge in [0.15, 0.2) is 0 Å². The summed E-state index contributed by atoms with van der Waals surface area (Å²) in [6.07, 6.45) is 3.87. The van der Waals surface area contributed by atoms with Gasteiger partial charge in [-0.3, -0.25) is 4.79 Å². The highest BCUT2D eigenvalue weighted by Crippen LogP contribution is 2.13. The lowest BCUT2D eigenvalue weighted by atomic mass is 10.0. The van der Waals surface area contributed by atoms with Gasteiger partial charge < -0.3 is 11.1 Å². The average molecular weight is 262 g/mol. The molecule has 1 rings (SSSR count). The van der Waals surface area contributed by atoms with E-state index >= 15 is 0 Å². The molecular weight excluding hydrogens is 236 g/mol. The molecule has 0 bridgehead atoms. The van der Waals surface area contributed by atoms with Gasteiger partial charge in [-0.1, -0.05) is 39.3 Å². The third kappa shape index (κ3) is 5.88. The van der Waals surface area contributed by atoms with Crippen molar-refractivity contribution in [3.05, 3.63) is 29.8 Å². The van der Waals surface area contributed by atoms with E-state index in [0.29, 0.717) is 12.3 Å². The normalized spacial score (nSPS) is 12.5. The Morgan fingerprint density at radius 3 is 2.42 bits per heavy atom. The summed E-state index contributed by atoms with van der Waals surface area (Å²) in [6.45, 7) is 6.24. The van der Waals surface area contributed by atoms with E-state index < -0.39 is 0 Å². The first kappa shape index (κ1) is 15.7. The minimum atomic E-state index is -0.0798. The number of benzene rings is 1. The van der Waals surface area contributed by atoms with E-state index in [1.807, 2.05) is 26.0 Å². The molecular formula is C16H26N2O. The number of carbonyl (C=O) groups is 1. The maximum Gasteiger partial charge on any atom is 0.225 e. The zero-order valence-electron chi connectivity index (χ0n) is 12.3. The van der Waals surface area contributed by atoms with Gasteiger partial charge in [-0.05, 0) is 36.5 Å². The molecule has 0 aromatic heterocycles. The second-order valence-electron chi connectivity index (χ2n) is 5.46. The van der Waals surface area contributed by atoms with E-state index in [-0.39, 0.29) is 11.9 Å². The summed E-state index contributed by atoms with van der Waals surface area (Å²) in [7, 11) is 0. The van der Waals surface area contributed by atoms with Crippen LogP contribution in [0, 0.1) is 5.92 Å². The fourth-order valence-electron chi connectivity index (χ4n) is 1.80. The molecule has 0 aliphatic carbocycles. The van der Waals surface area contributed by atoms with Crippen LogP contribution < -0.4 is 11.1 Å². The summed E-state index contributed by atoms with van der Waals surface area (Å²) in [4.78, 5) is 11.8.